The molecule has 0 aromatic heterocycles. The summed E-state index contributed by atoms with van der Waals surface area (Å²) in [6.45, 7) is 2.23. The van der Waals surface area contributed by atoms with Crippen molar-refractivity contribution in [2.45, 2.75) is 24.7 Å². The third kappa shape index (κ3) is 1.48. The van der Waals surface area contributed by atoms with E-state index < -0.39 is 0 Å². The molecule has 1 heterocycles. The van der Waals surface area contributed by atoms with Gasteiger partial charge in [0.15, 0.2) is 0 Å². The van der Waals surface area contributed by atoms with E-state index in [9.17, 15) is 4.39 Å². The van der Waals surface area contributed by atoms with Crippen LogP contribution in [0, 0.1) is 11.7 Å². The molecule has 1 aliphatic carbocycles. The largest absolute Gasteiger partial charge is 0.316 e. The summed E-state index contributed by atoms with van der Waals surface area (Å²) in [5.41, 5.74) is 1.53. The van der Waals surface area contributed by atoms with E-state index in [4.69, 9.17) is 0 Å². The monoisotopic (exact) mass is 205 g/mol. The highest BCUT2D eigenvalue weighted by Crippen LogP contribution is 2.55. The molecule has 0 bridgehead atoms. The molecule has 1 aromatic carbocycles. The smallest absolute Gasteiger partial charge is 0.123 e. The number of rotatable bonds is 2. The molecule has 1 saturated heterocycles. The van der Waals surface area contributed by atoms with E-state index in [2.05, 4.69) is 11.4 Å². The summed E-state index contributed by atoms with van der Waals surface area (Å²) in [4.78, 5) is 0. The van der Waals surface area contributed by atoms with E-state index in [1.54, 1.807) is 6.07 Å². The molecule has 0 spiro atoms. The van der Waals surface area contributed by atoms with E-state index in [1.807, 2.05) is 6.07 Å². The zero-order valence-electron chi connectivity index (χ0n) is 8.80. The minimum absolute atomic E-state index is 0.0928. The van der Waals surface area contributed by atoms with Gasteiger partial charge in [-0.15, -0.1) is 0 Å². The maximum Gasteiger partial charge on any atom is 0.123 e. The molecular formula is C13H16FN. The van der Waals surface area contributed by atoms with Gasteiger partial charge in [0.1, 0.15) is 5.82 Å². The summed E-state index contributed by atoms with van der Waals surface area (Å²) in [6.07, 6.45) is 3.72. The first-order valence-corrected chi connectivity index (χ1v) is 5.78. The zero-order chi connectivity index (χ0) is 10.3. The number of benzene rings is 1. The van der Waals surface area contributed by atoms with Crippen LogP contribution in [-0.4, -0.2) is 13.1 Å². The van der Waals surface area contributed by atoms with Gasteiger partial charge in [-0.2, -0.15) is 0 Å². The Kier molecular flexibility index (Phi) is 2.06. The van der Waals surface area contributed by atoms with Crippen LogP contribution in [0.25, 0.3) is 0 Å². The van der Waals surface area contributed by atoms with Gasteiger partial charge in [0.25, 0.3) is 0 Å². The summed E-state index contributed by atoms with van der Waals surface area (Å²) in [6, 6.07) is 7.19. The Morgan fingerprint density at radius 1 is 1.33 bits per heavy atom. The van der Waals surface area contributed by atoms with Crippen LogP contribution in [-0.2, 0) is 5.41 Å². The van der Waals surface area contributed by atoms with Crippen LogP contribution in [0.5, 0.6) is 0 Å². The molecule has 3 rings (SSSR count). The van der Waals surface area contributed by atoms with E-state index in [1.165, 1.54) is 30.9 Å². The van der Waals surface area contributed by atoms with Gasteiger partial charge < -0.3 is 5.32 Å². The molecule has 1 aliphatic heterocycles. The average Bonchev–Trinajstić information content (AvgIpc) is 2.87. The van der Waals surface area contributed by atoms with Gasteiger partial charge in [0.05, 0.1) is 0 Å². The third-order valence-electron chi connectivity index (χ3n) is 4.03. The molecule has 1 saturated carbocycles. The van der Waals surface area contributed by atoms with Gasteiger partial charge in [-0.3, -0.25) is 0 Å². The lowest BCUT2D eigenvalue weighted by atomic mass is 9.82. The second kappa shape index (κ2) is 3.31. The average molecular weight is 205 g/mol. The Morgan fingerprint density at radius 2 is 2.20 bits per heavy atom. The molecule has 2 heteroatoms. The van der Waals surface area contributed by atoms with Crippen LogP contribution in [0.4, 0.5) is 4.39 Å². The summed E-state index contributed by atoms with van der Waals surface area (Å²) in [7, 11) is 0. The highest BCUT2D eigenvalue weighted by atomic mass is 19.1. The summed E-state index contributed by atoms with van der Waals surface area (Å²) < 4.78 is 13.2. The van der Waals surface area contributed by atoms with Crippen LogP contribution in [0.1, 0.15) is 24.8 Å². The van der Waals surface area contributed by atoms with Gasteiger partial charge in [-0.25, -0.2) is 4.39 Å². The molecule has 1 unspecified atom stereocenters. The molecule has 1 atom stereocenters. The number of nitrogens with one attached hydrogen (secondary N) is 1. The Hall–Kier alpha value is -0.890. The highest BCUT2D eigenvalue weighted by molar-refractivity contribution is 5.33. The van der Waals surface area contributed by atoms with E-state index in [0.717, 1.165) is 19.0 Å². The van der Waals surface area contributed by atoms with E-state index in [-0.39, 0.29) is 5.82 Å². The second-order valence-corrected chi connectivity index (χ2v) is 4.86. The van der Waals surface area contributed by atoms with Crippen LogP contribution < -0.4 is 5.32 Å². The van der Waals surface area contributed by atoms with Crippen LogP contribution in [0.2, 0.25) is 0 Å². The molecule has 80 valence electrons. The quantitative estimate of drug-likeness (QED) is 0.782. The number of hydrogen-bond acceptors (Lipinski definition) is 1. The van der Waals surface area contributed by atoms with Crippen LogP contribution in [0.15, 0.2) is 24.3 Å². The SMILES string of the molecule is Fc1cccc(C2(C3CCNC3)CC2)c1. The molecule has 0 amide bonds. The van der Waals surface area contributed by atoms with Crippen molar-refractivity contribution in [3.8, 4) is 0 Å². The Bertz CT molecular complexity index is 365. The first-order valence-electron chi connectivity index (χ1n) is 5.78. The van der Waals surface area contributed by atoms with Crippen molar-refractivity contribution in [3.05, 3.63) is 35.6 Å². The first-order chi connectivity index (χ1) is 7.31. The highest BCUT2D eigenvalue weighted by Gasteiger charge is 2.50. The van der Waals surface area contributed by atoms with Crippen LogP contribution >= 0.6 is 0 Å². The molecule has 2 fully saturated rings. The Labute approximate surface area is 89.7 Å². The minimum atomic E-state index is -0.0928. The number of halogens is 1. The van der Waals surface area contributed by atoms with Crippen molar-refractivity contribution in [3.63, 3.8) is 0 Å². The predicted molar refractivity (Wildman–Crippen MR) is 58.3 cm³/mol. The standard InChI is InChI=1S/C13H16FN/c14-12-3-1-2-10(8-12)13(5-6-13)11-4-7-15-9-11/h1-3,8,11,15H,4-7,9H2. The molecule has 1 nitrogen and oxygen atoms in total. The summed E-state index contributed by atoms with van der Waals surface area (Å²) in [5, 5.41) is 3.41. The fourth-order valence-corrected chi connectivity index (χ4v) is 2.99. The van der Waals surface area contributed by atoms with Crippen molar-refractivity contribution in [2.75, 3.05) is 13.1 Å². The fourth-order valence-electron chi connectivity index (χ4n) is 2.99. The first kappa shape index (κ1) is 9.34. The van der Waals surface area contributed by atoms with Gasteiger partial charge in [-0.1, -0.05) is 12.1 Å². The topological polar surface area (TPSA) is 12.0 Å². The van der Waals surface area contributed by atoms with Crippen molar-refractivity contribution < 1.29 is 4.39 Å². The third-order valence-corrected chi connectivity index (χ3v) is 4.03. The van der Waals surface area contributed by atoms with Crippen LogP contribution in [0.3, 0.4) is 0 Å². The van der Waals surface area contributed by atoms with E-state index in [0.29, 0.717) is 5.41 Å². The van der Waals surface area contributed by atoms with Gasteiger partial charge in [-0.05, 0) is 61.4 Å². The zero-order valence-corrected chi connectivity index (χ0v) is 8.80. The van der Waals surface area contributed by atoms with Gasteiger partial charge in [0.2, 0.25) is 0 Å². The lowest BCUT2D eigenvalue weighted by Crippen LogP contribution is -2.22. The van der Waals surface area contributed by atoms with Crippen molar-refractivity contribution in [2.24, 2.45) is 5.92 Å². The maximum atomic E-state index is 13.2. The van der Waals surface area contributed by atoms with Crippen molar-refractivity contribution >= 4 is 0 Å². The lowest BCUT2D eigenvalue weighted by molar-refractivity contribution is 0.437. The number of hydrogen-bond donors (Lipinski definition) is 1. The molecular weight excluding hydrogens is 189 g/mol. The molecule has 0 radical (unpaired) electrons. The minimum Gasteiger partial charge on any atom is -0.316 e. The Morgan fingerprint density at radius 3 is 2.80 bits per heavy atom. The predicted octanol–water partition coefficient (Wildman–Crippen LogP) is 2.47. The summed E-state index contributed by atoms with van der Waals surface area (Å²) in [5.74, 6) is 0.629. The lowest BCUT2D eigenvalue weighted by Gasteiger charge is -2.22. The van der Waals surface area contributed by atoms with Crippen molar-refractivity contribution in [1.82, 2.24) is 5.32 Å². The normalized spacial score (nSPS) is 27.9. The summed E-state index contributed by atoms with van der Waals surface area (Å²) >= 11 is 0. The molecule has 1 N–H and O–H groups in total. The van der Waals surface area contributed by atoms with Gasteiger partial charge >= 0.3 is 0 Å². The molecule has 15 heavy (non-hydrogen) atoms. The molecule has 2 aliphatic rings. The second-order valence-electron chi connectivity index (χ2n) is 4.86. The maximum absolute atomic E-state index is 13.2. The Balaban J connectivity index is 1.92. The van der Waals surface area contributed by atoms with E-state index >= 15 is 0 Å². The van der Waals surface area contributed by atoms with Crippen molar-refractivity contribution in [1.29, 1.82) is 0 Å². The molecule has 1 aromatic rings. The van der Waals surface area contributed by atoms with Gasteiger partial charge in [0, 0.05) is 0 Å². The fraction of sp³-hybridized carbons (Fsp3) is 0.538.